The molecule has 0 fully saturated rings. The fraction of sp³-hybridized carbons (Fsp3) is 0.500. The van der Waals surface area contributed by atoms with Crippen LogP contribution < -0.4 is 10.3 Å². The second-order valence-electron chi connectivity index (χ2n) is 2.92. The van der Waals surface area contributed by atoms with Crippen molar-refractivity contribution >= 4 is 22.6 Å². The highest BCUT2D eigenvalue weighted by atomic mass is 127. The minimum Gasteiger partial charge on any atom is -0.477 e. The summed E-state index contributed by atoms with van der Waals surface area (Å²) in [4.78, 5) is 17.1. The van der Waals surface area contributed by atoms with Gasteiger partial charge >= 0.3 is 6.18 Å². The van der Waals surface area contributed by atoms with Crippen LogP contribution in [0.3, 0.4) is 0 Å². The Labute approximate surface area is 102 Å². The molecule has 0 aliphatic rings. The predicted molar refractivity (Wildman–Crippen MR) is 58.4 cm³/mol. The van der Waals surface area contributed by atoms with E-state index >= 15 is 0 Å². The molecule has 0 aromatic carbocycles. The van der Waals surface area contributed by atoms with Gasteiger partial charge in [-0.15, -0.1) is 0 Å². The van der Waals surface area contributed by atoms with E-state index in [-0.39, 0.29) is 28.0 Å². The number of alkyl halides is 3. The summed E-state index contributed by atoms with van der Waals surface area (Å²) in [6.45, 7) is -0.119. The Morgan fingerprint density at radius 3 is 2.81 bits per heavy atom. The summed E-state index contributed by atoms with van der Waals surface area (Å²) in [6, 6.07) is 0. The highest BCUT2D eigenvalue weighted by Gasteiger charge is 2.26. The number of halogens is 4. The minimum absolute atomic E-state index is 0.0616. The number of nitrogens with zero attached hydrogens (tertiary/aromatic N) is 1. The fourth-order valence-corrected chi connectivity index (χ4v) is 1.36. The molecule has 90 valence electrons. The SMILES string of the molecule is O=c1[nH]cnc(OCCCC(F)(F)F)c1I. The van der Waals surface area contributed by atoms with Gasteiger partial charge in [-0.2, -0.15) is 13.2 Å². The summed E-state index contributed by atoms with van der Waals surface area (Å²) in [5.74, 6) is 0.0616. The van der Waals surface area contributed by atoms with Crippen molar-refractivity contribution in [1.82, 2.24) is 9.97 Å². The van der Waals surface area contributed by atoms with E-state index in [2.05, 4.69) is 9.97 Å². The molecule has 1 aromatic rings. The average molecular weight is 348 g/mol. The molecule has 0 saturated heterocycles. The van der Waals surface area contributed by atoms with E-state index in [0.717, 1.165) is 6.33 Å². The Hall–Kier alpha value is -0.800. The van der Waals surface area contributed by atoms with Crippen LogP contribution in [0.5, 0.6) is 5.88 Å². The van der Waals surface area contributed by atoms with Gasteiger partial charge in [-0.25, -0.2) is 4.98 Å². The lowest BCUT2D eigenvalue weighted by molar-refractivity contribution is -0.136. The van der Waals surface area contributed by atoms with E-state index in [1.54, 1.807) is 22.6 Å². The zero-order valence-corrected chi connectivity index (χ0v) is 10.1. The molecule has 0 radical (unpaired) electrons. The van der Waals surface area contributed by atoms with Gasteiger partial charge in [-0.05, 0) is 29.0 Å². The van der Waals surface area contributed by atoms with Crippen LogP contribution in [0.4, 0.5) is 13.2 Å². The summed E-state index contributed by atoms with van der Waals surface area (Å²) in [5, 5.41) is 0. The maximum atomic E-state index is 11.8. The van der Waals surface area contributed by atoms with E-state index in [0.29, 0.717) is 0 Å². The molecule has 0 amide bonds. The summed E-state index contributed by atoms with van der Waals surface area (Å²) >= 11 is 1.72. The molecular weight excluding hydrogens is 340 g/mol. The second kappa shape index (κ2) is 5.51. The molecule has 8 heteroatoms. The monoisotopic (exact) mass is 348 g/mol. The topological polar surface area (TPSA) is 55.0 Å². The van der Waals surface area contributed by atoms with E-state index in [1.165, 1.54) is 0 Å². The lowest BCUT2D eigenvalue weighted by Gasteiger charge is -2.07. The number of aromatic nitrogens is 2. The Morgan fingerprint density at radius 2 is 2.19 bits per heavy atom. The number of hydrogen-bond donors (Lipinski definition) is 1. The third-order valence-electron chi connectivity index (χ3n) is 1.61. The third-order valence-corrected chi connectivity index (χ3v) is 2.56. The third kappa shape index (κ3) is 4.37. The molecule has 0 saturated carbocycles. The molecule has 0 spiro atoms. The van der Waals surface area contributed by atoms with Crippen molar-refractivity contribution < 1.29 is 17.9 Å². The first-order valence-corrected chi connectivity index (χ1v) is 5.41. The fourth-order valence-electron chi connectivity index (χ4n) is 0.909. The Morgan fingerprint density at radius 1 is 1.50 bits per heavy atom. The van der Waals surface area contributed by atoms with Gasteiger partial charge in [0.05, 0.1) is 12.9 Å². The summed E-state index contributed by atoms with van der Waals surface area (Å²) < 4.78 is 40.6. The maximum Gasteiger partial charge on any atom is 0.389 e. The van der Waals surface area contributed by atoms with Crippen molar-refractivity contribution in [2.45, 2.75) is 19.0 Å². The Bertz CT molecular complexity index is 405. The van der Waals surface area contributed by atoms with Gasteiger partial charge in [-0.3, -0.25) is 4.79 Å². The Kier molecular flexibility index (Phi) is 4.56. The molecule has 1 N–H and O–H groups in total. The number of H-pyrrole nitrogens is 1. The summed E-state index contributed by atoms with van der Waals surface area (Å²) in [6.07, 6.45) is -4.11. The molecule has 0 aliphatic heterocycles. The Balaban J connectivity index is 2.44. The van der Waals surface area contributed by atoms with Crippen molar-refractivity contribution in [1.29, 1.82) is 0 Å². The van der Waals surface area contributed by atoms with Crippen LogP contribution in [0.25, 0.3) is 0 Å². The smallest absolute Gasteiger partial charge is 0.389 e. The van der Waals surface area contributed by atoms with Crippen LogP contribution in [0.15, 0.2) is 11.1 Å². The molecule has 4 nitrogen and oxygen atoms in total. The highest BCUT2D eigenvalue weighted by Crippen LogP contribution is 2.21. The van der Waals surface area contributed by atoms with Gasteiger partial charge in [0, 0.05) is 6.42 Å². The molecule has 1 aromatic heterocycles. The lowest BCUT2D eigenvalue weighted by atomic mass is 10.3. The molecular formula is C8H8F3IN2O2. The highest BCUT2D eigenvalue weighted by molar-refractivity contribution is 14.1. The molecule has 1 heterocycles. The molecule has 0 aliphatic carbocycles. The van der Waals surface area contributed by atoms with Crippen molar-refractivity contribution in [3.8, 4) is 5.88 Å². The number of aromatic amines is 1. The predicted octanol–water partition coefficient (Wildman–Crippen LogP) is 2.10. The molecule has 16 heavy (non-hydrogen) atoms. The quantitative estimate of drug-likeness (QED) is 0.670. The van der Waals surface area contributed by atoms with Gasteiger partial charge in [-0.1, -0.05) is 0 Å². The standard InChI is InChI=1S/C8H8F3IN2O2/c9-8(10,11)2-1-3-16-7-5(12)6(15)13-4-14-7/h4H,1-3H2,(H,13,14,15). The molecule has 0 bridgehead atoms. The van der Waals surface area contributed by atoms with Crippen LogP contribution in [0.1, 0.15) is 12.8 Å². The summed E-state index contributed by atoms with van der Waals surface area (Å²) in [7, 11) is 0. The van der Waals surface area contributed by atoms with Crippen molar-refractivity contribution in [3.05, 3.63) is 20.3 Å². The van der Waals surface area contributed by atoms with Crippen LogP contribution in [0.2, 0.25) is 0 Å². The molecule has 1 rings (SSSR count). The van der Waals surface area contributed by atoms with Crippen LogP contribution in [0, 0.1) is 3.57 Å². The van der Waals surface area contributed by atoms with E-state index in [4.69, 9.17) is 4.74 Å². The average Bonchev–Trinajstić information content (AvgIpc) is 2.17. The van der Waals surface area contributed by atoms with E-state index in [1.807, 2.05) is 0 Å². The van der Waals surface area contributed by atoms with Crippen molar-refractivity contribution in [2.75, 3.05) is 6.61 Å². The van der Waals surface area contributed by atoms with Gasteiger partial charge < -0.3 is 9.72 Å². The van der Waals surface area contributed by atoms with Crippen LogP contribution in [-0.2, 0) is 0 Å². The number of nitrogens with one attached hydrogen (secondary N) is 1. The molecule has 0 unspecified atom stereocenters. The minimum atomic E-state index is -4.18. The zero-order valence-electron chi connectivity index (χ0n) is 7.97. The normalized spacial score (nSPS) is 11.5. The largest absolute Gasteiger partial charge is 0.477 e. The van der Waals surface area contributed by atoms with Crippen LogP contribution >= 0.6 is 22.6 Å². The number of ether oxygens (including phenoxy) is 1. The molecule has 0 atom stereocenters. The first kappa shape index (κ1) is 13.3. The lowest BCUT2D eigenvalue weighted by Crippen LogP contribution is -2.14. The van der Waals surface area contributed by atoms with E-state index < -0.39 is 12.6 Å². The van der Waals surface area contributed by atoms with Gasteiger partial charge in [0.15, 0.2) is 0 Å². The second-order valence-corrected chi connectivity index (χ2v) is 4.00. The number of rotatable bonds is 4. The summed E-state index contributed by atoms with van der Waals surface area (Å²) in [5.41, 5.74) is -0.374. The van der Waals surface area contributed by atoms with Crippen molar-refractivity contribution in [2.24, 2.45) is 0 Å². The first-order chi connectivity index (χ1) is 7.40. The van der Waals surface area contributed by atoms with Gasteiger partial charge in [0.2, 0.25) is 5.88 Å². The van der Waals surface area contributed by atoms with E-state index in [9.17, 15) is 18.0 Å². The van der Waals surface area contributed by atoms with Crippen molar-refractivity contribution in [3.63, 3.8) is 0 Å². The first-order valence-electron chi connectivity index (χ1n) is 4.33. The van der Waals surface area contributed by atoms with Gasteiger partial charge in [0.25, 0.3) is 5.56 Å². The number of hydrogen-bond acceptors (Lipinski definition) is 3. The van der Waals surface area contributed by atoms with Gasteiger partial charge in [0.1, 0.15) is 3.57 Å². The maximum absolute atomic E-state index is 11.8. The van der Waals surface area contributed by atoms with Crippen LogP contribution in [-0.4, -0.2) is 22.8 Å². The zero-order chi connectivity index (χ0) is 12.2.